The third-order valence-corrected chi connectivity index (χ3v) is 3.91. The summed E-state index contributed by atoms with van der Waals surface area (Å²) >= 11 is 6.05. The van der Waals surface area contributed by atoms with E-state index in [0.717, 1.165) is 17.0 Å². The summed E-state index contributed by atoms with van der Waals surface area (Å²) in [5.41, 5.74) is 1.69. The molecule has 1 aliphatic heterocycles. The van der Waals surface area contributed by atoms with Gasteiger partial charge in [-0.15, -0.1) is 0 Å². The SMILES string of the molecule is CCOc1ccc(CC(=O)N2CCOc3ccc(Cl)cc32)cc1. The van der Waals surface area contributed by atoms with Gasteiger partial charge in [0.15, 0.2) is 0 Å². The molecule has 2 aromatic carbocycles. The van der Waals surface area contributed by atoms with Gasteiger partial charge >= 0.3 is 0 Å². The number of carbonyl (C=O) groups is 1. The van der Waals surface area contributed by atoms with Gasteiger partial charge in [-0.3, -0.25) is 4.79 Å². The van der Waals surface area contributed by atoms with Gasteiger partial charge in [0.2, 0.25) is 5.91 Å². The average Bonchev–Trinajstić information content (AvgIpc) is 2.56. The monoisotopic (exact) mass is 331 g/mol. The number of rotatable bonds is 4. The topological polar surface area (TPSA) is 38.8 Å². The van der Waals surface area contributed by atoms with Crippen molar-refractivity contribution in [1.29, 1.82) is 0 Å². The average molecular weight is 332 g/mol. The summed E-state index contributed by atoms with van der Waals surface area (Å²) in [6, 6.07) is 12.9. The van der Waals surface area contributed by atoms with Crippen molar-refractivity contribution < 1.29 is 14.3 Å². The standard InChI is InChI=1S/C18H18ClNO3/c1-2-22-15-6-3-13(4-7-15)11-18(21)20-9-10-23-17-8-5-14(19)12-16(17)20/h3-8,12H,2,9-11H2,1H3. The number of benzene rings is 2. The minimum atomic E-state index is 0.0287. The summed E-state index contributed by atoms with van der Waals surface area (Å²) < 4.78 is 11.0. The second-order valence-electron chi connectivity index (χ2n) is 5.26. The zero-order chi connectivity index (χ0) is 16.2. The smallest absolute Gasteiger partial charge is 0.231 e. The summed E-state index contributed by atoms with van der Waals surface area (Å²) in [6.45, 7) is 3.59. The number of hydrogen-bond acceptors (Lipinski definition) is 3. The van der Waals surface area contributed by atoms with Crippen LogP contribution < -0.4 is 14.4 Å². The van der Waals surface area contributed by atoms with Crippen LogP contribution in [0.3, 0.4) is 0 Å². The third-order valence-electron chi connectivity index (χ3n) is 3.67. The number of fused-ring (bicyclic) bond motifs is 1. The van der Waals surface area contributed by atoms with Gasteiger partial charge in [0.05, 0.1) is 25.3 Å². The molecule has 1 heterocycles. The highest BCUT2D eigenvalue weighted by atomic mass is 35.5. The largest absolute Gasteiger partial charge is 0.494 e. The van der Waals surface area contributed by atoms with E-state index >= 15 is 0 Å². The van der Waals surface area contributed by atoms with Crippen molar-refractivity contribution in [3.63, 3.8) is 0 Å². The van der Waals surface area contributed by atoms with Crippen LogP contribution in [-0.2, 0) is 11.2 Å². The zero-order valence-corrected chi connectivity index (χ0v) is 13.7. The maximum absolute atomic E-state index is 12.6. The summed E-state index contributed by atoms with van der Waals surface area (Å²) in [7, 11) is 0. The Morgan fingerprint density at radius 1 is 1.26 bits per heavy atom. The second-order valence-corrected chi connectivity index (χ2v) is 5.70. The summed E-state index contributed by atoms with van der Waals surface area (Å²) in [4.78, 5) is 14.4. The van der Waals surface area contributed by atoms with Crippen molar-refractivity contribution in [2.24, 2.45) is 0 Å². The van der Waals surface area contributed by atoms with E-state index in [1.54, 1.807) is 23.1 Å². The molecule has 0 radical (unpaired) electrons. The fraction of sp³-hybridized carbons (Fsp3) is 0.278. The molecule has 3 rings (SSSR count). The zero-order valence-electron chi connectivity index (χ0n) is 12.9. The van der Waals surface area contributed by atoms with E-state index in [1.165, 1.54) is 0 Å². The van der Waals surface area contributed by atoms with E-state index in [0.29, 0.717) is 37.0 Å². The lowest BCUT2D eigenvalue weighted by molar-refractivity contribution is -0.118. The van der Waals surface area contributed by atoms with Crippen LogP contribution in [0.15, 0.2) is 42.5 Å². The highest BCUT2D eigenvalue weighted by Gasteiger charge is 2.24. The maximum Gasteiger partial charge on any atom is 0.231 e. The van der Waals surface area contributed by atoms with Crippen molar-refractivity contribution in [2.45, 2.75) is 13.3 Å². The van der Waals surface area contributed by atoms with Gasteiger partial charge in [-0.2, -0.15) is 0 Å². The van der Waals surface area contributed by atoms with Crippen molar-refractivity contribution in [3.8, 4) is 11.5 Å². The molecule has 0 unspecified atom stereocenters. The van der Waals surface area contributed by atoms with Crippen molar-refractivity contribution in [2.75, 3.05) is 24.7 Å². The Morgan fingerprint density at radius 3 is 2.78 bits per heavy atom. The number of hydrogen-bond donors (Lipinski definition) is 0. The van der Waals surface area contributed by atoms with Gasteiger partial charge in [-0.25, -0.2) is 0 Å². The molecular formula is C18H18ClNO3. The molecule has 0 saturated heterocycles. The van der Waals surface area contributed by atoms with E-state index in [-0.39, 0.29) is 5.91 Å². The summed E-state index contributed by atoms with van der Waals surface area (Å²) in [5.74, 6) is 1.54. The Morgan fingerprint density at radius 2 is 2.04 bits per heavy atom. The maximum atomic E-state index is 12.6. The van der Waals surface area contributed by atoms with Gasteiger partial charge in [0.1, 0.15) is 18.1 Å². The molecule has 120 valence electrons. The predicted octanol–water partition coefficient (Wildman–Crippen LogP) is 3.71. The Labute approximate surface area is 140 Å². The first-order valence-electron chi connectivity index (χ1n) is 7.62. The molecule has 0 spiro atoms. The van der Waals surface area contributed by atoms with Crippen LogP contribution >= 0.6 is 11.6 Å². The molecule has 0 N–H and O–H groups in total. The van der Waals surface area contributed by atoms with E-state index < -0.39 is 0 Å². The number of ether oxygens (including phenoxy) is 2. The Hall–Kier alpha value is -2.20. The Kier molecular flexibility index (Phi) is 4.72. The first-order valence-corrected chi connectivity index (χ1v) is 7.99. The molecule has 0 bridgehead atoms. The molecule has 0 atom stereocenters. The van der Waals surface area contributed by atoms with E-state index in [2.05, 4.69) is 0 Å². The number of amides is 1. The quantitative estimate of drug-likeness (QED) is 0.857. The number of nitrogens with zero attached hydrogens (tertiary/aromatic N) is 1. The van der Waals surface area contributed by atoms with Crippen LogP contribution in [0.2, 0.25) is 5.02 Å². The highest BCUT2D eigenvalue weighted by molar-refractivity contribution is 6.31. The normalized spacial score (nSPS) is 13.2. The molecule has 0 aromatic heterocycles. The van der Waals surface area contributed by atoms with E-state index in [4.69, 9.17) is 21.1 Å². The minimum Gasteiger partial charge on any atom is -0.494 e. The van der Waals surface area contributed by atoms with Gasteiger partial charge in [-0.1, -0.05) is 23.7 Å². The van der Waals surface area contributed by atoms with Crippen LogP contribution in [0.25, 0.3) is 0 Å². The lowest BCUT2D eigenvalue weighted by Gasteiger charge is -2.29. The van der Waals surface area contributed by atoms with E-state index in [1.807, 2.05) is 31.2 Å². The summed E-state index contributed by atoms with van der Waals surface area (Å²) in [6.07, 6.45) is 0.332. The highest BCUT2D eigenvalue weighted by Crippen LogP contribution is 2.34. The van der Waals surface area contributed by atoms with Gasteiger partial charge in [0, 0.05) is 5.02 Å². The molecule has 23 heavy (non-hydrogen) atoms. The first-order chi connectivity index (χ1) is 11.2. The van der Waals surface area contributed by atoms with Gasteiger partial charge in [-0.05, 0) is 42.8 Å². The first kappa shape index (κ1) is 15.7. The Bertz CT molecular complexity index is 700. The van der Waals surface area contributed by atoms with Crippen LogP contribution in [0, 0.1) is 0 Å². The van der Waals surface area contributed by atoms with Crippen LogP contribution in [0.1, 0.15) is 12.5 Å². The molecule has 1 aliphatic rings. The lowest BCUT2D eigenvalue weighted by Crippen LogP contribution is -2.38. The number of carbonyl (C=O) groups excluding carboxylic acids is 1. The van der Waals surface area contributed by atoms with Crippen LogP contribution in [0.4, 0.5) is 5.69 Å². The van der Waals surface area contributed by atoms with Crippen molar-refractivity contribution in [3.05, 3.63) is 53.1 Å². The fourth-order valence-electron chi connectivity index (χ4n) is 2.59. The van der Waals surface area contributed by atoms with Crippen LogP contribution in [0.5, 0.6) is 11.5 Å². The molecule has 1 amide bonds. The predicted molar refractivity (Wildman–Crippen MR) is 90.6 cm³/mol. The van der Waals surface area contributed by atoms with Gasteiger partial charge in [0.25, 0.3) is 0 Å². The number of halogens is 1. The number of anilines is 1. The third kappa shape index (κ3) is 3.59. The summed E-state index contributed by atoms with van der Waals surface area (Å²) in [5, 5.41) is 0.591. The molecule has 2 aromatic rings. The molecule has 0 saturated carbocycles. The van der Waals surface area contributed by atoms with Crippen molar-refractivity contribution >= 4 is 23.2 Å². The second kappa shape index (κ2) is 6.92. The lowest BCUT2D eigenvalue weighted by atomic mass is 10.1. The minimum absolute atomic E-state index is 0.0287. The molecular weight excluding hydrogens is 314 g/mol. The van der Waals surface area contributed by atoms with Crippen molar-refractivity contribution in [1.82, 2.24) is 0 Å². The molecule has 0 fully saturated rings. The van der Waals surface area contributed by atoms with Gasteiger partial charge < -0.3 is 14.4 Å². The molecule has 5 heteroatoms. The Balaban J connectivity index is 1.75. The van der Waals surface area contributed by atoms with E-state index in [9.17, 15) is 4.79 Å². The molecule has 4 nitrogen and oxygen atoms in total. The fourth-order valence-corrected chi connectivity index (χ4v) is 2.76. The molecule has 0 aliphatic carbocycles. The van der Waals surface area contributed by atoms with Crippen LogP contribution in [-0.4, -0.2) is 25.7 Å².